The predicted octanol–water partition coefficient (Wildman–Crippen LogP) is 4.47. The average molecular weight is 500 g/mol. The van der Waals surface area contributed by atoms with Crippen molar-refractivity contribution < 1.29 is 4.79 Å². The van der Waals surface area contributed by atoms with Crippen molar-refractivity contribution in [3.8, 4) is 0 Å². The molecule has 36 heavy (non-hydrogen) atoms. The van der Waals surface area contributed by atoms with Crippen molar-refractivity contribution in [3.05, 3.63) is 99.3 Å². The van der Waals surface area contributed by atoms with E-state index >= 15 is 0 Å². The molecule has 0 spiro atoms. The minimum atomic E-state index is -0.251. The van der Waals surface area contributed by atoms with Gasteiger partial charge < -0.3 is 5.32 Å². The molecule has 1 aromatic carbocycles. The highest BCUT2D eigenvalue weighted by atomic mass is 35.5. The number of pyridine rings is 1. The third-order valence-corrected chi connectivity index (χ3v) is 6.46. The quantitative estimate of drug-likeness (QED) is 0.341. The number of amides is 1. The molecule has 3 heterocycles. The molecule has 0 bridgehead atoms. The number of benzene rings is 1. The van der Waals surface area contributed by atoms with Crippen molar-refractivity contribution in [3.63, 3.8) is 0 Å². The zero-order valence-electron chi connectivity index (χ0n) is 20.0. The SMILES string of the molecule is Cc1ccc(CNC(=O)c2cn(CCCCc3cc4c(nn3)CC(c3ccccc3Cl)=C4)nn2)cn1. The van der Waals surface area contributed by atoms with Gasteiger partial charge in [-0.3, -0.25) is 14.5 Å². The van der Waals surface area contributed by atoms with Crippen LogP contribution in [0.15, 0.2) is 54.9 Å². The highest BCUT2D eigenvalue weighted by molar-refractivity contribution is 6.32. The van der Waals surface area contributed by atoms with Crippen LogP contribution in [-0.4, -0.2) is 36.1 Å². The molecule has 0 saturated carbocycles. The molecule has 3 aromatic heterocycles. The lowest BCUT2D eigenvalue weighted by atomic mass is 10.1. The van der Waals surface area contributed by atoms with Crippen LogP contribution in [-0.2, 0) is 25.9 Å². The fourth-order valence-corrected chi connectivity index (χ4v) is 4.40. The molecule has 0 saturated heterocycles. The molecule has 8 nitrogen and oxygen atoms in total. The standard InChI is InChI=1S/C27H26ClN7O/c1-18-9-10-19(15-29-18)16-30-27(36)26-17-35(34-33-26)11-5-4-6-22-13-21-12-20(14-25(21)32-31-22)23-7-2-3-8-24(23)28/h2-3,7-10,12-13,15,17H,4-6,11,14,16H2,1H3,(H,30,36). The number of nitrogens with zero attached hydrogens (tertiary/aromatic N) is 6. The fourth-order valence-electron chi connectivity index (χ4n) is 4.14. The van der Waals surface area contributed by atoms with Gasteiger partial charge in [-0.2, -0.15) is 10.2 Å². The normalized spacial score (nSPS) is 12.3. The summed E-state index contributed by atoms with van der Waals surface area (Å²) in [5.41, 5.74) is 7.47. The van der Waals surface area contributed by atoms with Crippen LogP contribution < -0.4 is 5.32 Å². The van der Waals surface area contributed by atoms with Gasteiger partial charge in [-0.1, -0.05) is 41.1 Å². The van der Waals surface area contributed by atoms with Gasteiger partial charge in [-0.25, -0.2) is 0 Å². The molecule has 0 fully saturated rings. The Morgan fingerprint density at radius 3 is 2.83 bits per heavy atom. The summed E-state index contributed by atoms with van der Waals surface area (Å²) in [5.74, 6) is -0.251. The van der Waals surface area contributed by atoms with Gasteiger partial charge in [0.15, 0.2) is 5.69 Å². The molecule has 1 amide bonds. The minimum Gasteiger partial charge on any atom is -0.346 e. The molecule has 1 aliphatic carbocycles. The van der Waals surface area contributed by atoms with Crippen molar-refractivity contribution in [1.29, 1.82) is 0 Å². The van der Waals surface area contributed by atoms with E-state index in [0.29, 0.717) is 18.8 Å². The van der Waals surface area contributed by atoms with E-state index < -0.39 is 0 Å². The van der Waals surface area contributed by atoms with E-state index in [9.17, 15) is 4.79 Å². The predicted molar refractivity (Wildman–Crippen MR) is 138 cm³/mol. The van der Waals surface area contributed by atoms with E-state index in [1.54, 1.807) is 17.1 Å². The number of nitrogens with one attached hydrogen (secondary N) is 1. The number of carbonyl (C=O) groups is 1. The molecule has 0 aliphatic heterocycles. The van der Waals surface area contributed by atoms with Crippen LogP contribution in [0.2, 0.25) is 5.02 Å². The van der Waals surface area contributed by atoms with Gasteiger partial charge in [0.05, 0.1) is 17.6 Å². The topological polar surface area (TPSA) is 98.5 Å². The lowest BCUT2D eigenvalue weighted by Crippen LogP contribution is -2.23. The maximum Gasteiger partial charge on any atom is 0.273 e. The number of carbonyl (C=O) groups excluding carboxylic acids is 1. The first-order valence-electron chi connectivity index (χ1n) is 12.0. The third-order valence-electron chi connectivity index (χ3n) is 6.13. The van der Waals surface area contributed by atoms with Crippen LogP contribution in [0.5, 0.6) is 0 Å². The molecular weight excluding hydrogens is 474 g/mol. The fraction of sp³-hybridized carbons (Fsp3) is 0.259. The van der Waals surface area contributed by atoms with Crippen LogP contribution in [0.4, 0.5) is 0 Å². The Hall–Kier alpha value is -3.91. The number of halogens is 1. The Morgan fingerprint density at radius 1 is 1.11 bits per heavy atom. The zero-order valence-corrected chi connectivity index (χ0v) is 20.7. The monoisotopic (exact) mass is 499 g/mol. The van der Waals surface area contributed by atoms with Gasteiger partial charge in [0.25, 0.3) is 5.91 Å². The van der Waals surface area contributed by atoms with Crippen molar-refractivity contribution in [2.45, 2.75) is 45.7 Å². The molecule has 9 heteroatoms. The third kappa shape index (κ3) is 5.66. The van der Waals surface area contributed by atoms with Crippen molar-refractivity contribution in [2.24, 2.45) is 0 Å². The van der Waals surface area contributed by atoms with E-state index in [1.807, 2.05) is 43.3 Å². The van der Waals surface area contributed by atoms with Gasteiger partial charge in [0.1, 0.15) is 0 Å². The molecule has 182 valence electrons. The first-order valence-corrected chi connectivity index (χ1v) is 12.3. The maximum atomic E-state index is 12.4. The molecule has 1 aliphatic rings. The highest BCUT2D eigenvalue weighted by Gasteiger charge is 2.18. The molecule has 0 radical (unpaired) electrons. The largest absolute Gasteiger partial charge is 0.346 e. The number of hydrogen-bond donors (Lipinski definition) is 1. The van der Waals surface area contributed by atoms with Crippen LogP contribution >= 0.6 is 11.6 Å². The Balaban J connectivity index is 1.09. The number of rotatable bonds is 9. The van der Waals surface area contributed by atoms with Crippen molar-refractivity contribution in [2.75, 3.05) is 0 Å². The van der Waals surface area contributed by atoms with E-state index in [0.717, 1.165) is 64.5 Å². The lowest BCUT2D eigenvalue weighted by Gasteiger charge is -2.04. The van der Waals surface area contributed by atoms with E-state index in [4.69, 9.17) is 11.6 Å². The summed E-state index contributed by atoms with van der Waals surface area (Å²) < 4.78 is 1.70. The van der Waals surface area contributed by atoms with E-state index in [2.05, 4.69) is 43.0 Å². The number of allylic oxidation sites excluding steroid dienone is 1. The van der Waals surface area contributed by atoms with Crippen molar-refractivity contribution >= 4 is 29.2 Å². The molecular formula is C27H26ClN7O. The number of aromatic nitrogens is 6. The van der Waals surface area contributed by atoms with E-state index in [-0.39, 0.29) is 5.91 Å². The van der Waals surface area contributed by atoms with Crippen LogP contribution in [0.3, 0.4) is 0 Å². The second-order valence-corrected chi connectivity index (χ2v) is 9.29. The average Bonchev–Trinajstić information content (AvgIpc) is 3.53. The first kappa shape index (κ1) is 23.8. The smallest absolute Gasteiger partial charge is 0.273 e. The summed E-state index contributed by atoms with van der Waals surface area (Å²) >= 11 is 6.37. The molecule has 5 rings (SSSR count). The Labute approximate surface area is 214 Å². The summed E-state index contributed by atoms with van der Waals surface area (Å²) in [6.45, 7) is 3.00. The highest BCUT2D eigenvalue weighted by Crippen LogP contribution is 2.33. The number of unbranched alkanes of at least 4 members (excludes halogenated alkanes) is 1. The van der Waals surface area contributed by atoms with Gasteiger partial charge in [-0.05, 0) is 67.2 Å². The summed E-state index contributed by atoms with van der Waals surface area (Å²) in [6.07, 6.45) is 8.98. The Kier molecular flexibility index (Phi) is 7.13. The lowest BCUT2D eigenvalue weighted by molar-refractivity contribution is 0.0946. The Bertz CT molecular complexity index is 1410. The number of hydrogen-bond acceptors (Lipinski definition) is 6. The molecule has 4 aromatic rings. The van der Waals surface area contributed by atoms with Crippen LogP contribution in [0.25, 0.3) is 11.6 Å². The van der Waals surface area contributed by atoms with Gasteiger partial charge in [0.2, 0.25) is 0 Å². The van der Waals surface area contributed by atoms with Crippen molar-refractivity contribution in [1.82, 2.24) is 35.5 Å². The molecule has 0 unspecified atom stereocenters. The van der Waals surface area contributed by atoms with Crippen LogP contribution in [0.1, 0.15) is 57.1 Å². The second-order valence-electron chi connectivity index (χ2n) is 8.88. The minimum absolute atomic E-state index is 0.251. The Morgan fingerprint density at radius 2 is 2.00 bits per heavy atom. The first-order chi connectivity index (χ1) is 17.5. The van der Waals surface area contributed by atoms with Gasteiger partial charge in [-0.15, -0.1) is 5.10 Å². The molecule has 1 N–H and O–H groups in total. The van der Waals surface area contributed by atoms with Gasteiger partial charge in [0, 0.05) is 42.0 Å². The van der Waals surface area contributed by atoms with E-state index in [1.165, 1.54) is 5.57 Å². The number of aryl methyl sites for hydroxylation is 3. The van der Waals surface area contributed by atoms with Gasteiger partial charge >= 0.3 is 0 Å². The zero-order chi connectivity index (χ0) is 24.9. The second kappa shape index (κ2) is 10.8. The summed E-state index contributed by atoms with van der Waals surface area (Å²) in [4.78, 5) is 16.6. The molecule has 0 atom stereocenters. The summed E-state index contributed by atoms with van der Waals surface area (Å²) in [5, 5.41) is 20.6. The summed E-state index contributed by atoms with van der Waals surface area (Å²) in [7, 11) is 0. The number of fused-ring (bicyclic) bond motifs is 1. The van der Waals surface area contributed by atoms with Crippen LogP contribution in [0, 0.1) is 6.92 Å². The summed E-state index contributed by atoms with van der Waals surface area (Å²) in [6, 6.07) is 13.9. The maximum absolute atomic E-state index is 12.4.